The second kappa shape index (κ2) is 8.32. The van der Waals surface area contributed by atoms with Crippen LogP contribution in [0.5, 0.6) is 5.75 Å². The predicted octanol–water partition coefficient (Wildman–Crippen LogP) is 2.14. The molecule has 114 valence electrons. The zero-order valence-electron chi connectivity index (χ0n) is 11.4. The molecule has 2 aromatic rings. The molecule has 0 saturated heterocycles. The van der Waals surface area contributed by atoms with E-state index in [-0.39, 0.29) is 24.8 Å². The Morgan fingerprint density at radius 1 is 1.41 bits per heavy atom. The van der Waals surface area contributed by atoms with Crippen LogP contribution in [0.1, 0.15) is 5.89 Å². The molecule has 22 heavy (non-hydrogen) atoms. The maximum Gasteiger partial charge on any atom is 0.277 e. The van der Waals surface area contributed by atoms with Crippen LogP contribution >= 0.6 is 23.4 Å². The Hall–Kier alpha value is -2.17. The number of carbonyl (C=O) groups is 1. The molecule has 0 aliphatic rings. The minimum atomic E-state index is -0.194. The van der Waals surface area contributed by atoms with Crippen LogP contribution in [0.15, 0.2) is 33.9 Å². The molecule has 0 aliphatic heterocycles. The van der Waals surface area contributed by atoms with E-state index in [1.165, 1.54) is 0 Å². The number of aromatic nitrogens is 2. The summed E-state index contributed by atoms with van der Waals surface area (Å²) in [6.45, 7) is 0.335. The number of terminal acetylenes is 1. The van der Waals surface area contributed by atoms with E-state index in [2.05, 4.69) is 21.4 Å². The maximum atomic E-state index is 11.4. The van der Waals surface area contributed by atoms with Crippen LogP contribution in [0.3, 0.4) is 0 Å². The second-order valence-electron chi connectivity index (χ2n) is 3.97. The van der Waals surface area contributed by atoms with Gasteiger partial charge in [-0.25, -0.2) is 0 Å². The normalized spacial score (nSPS) is 10.0. The Kier molecular flexibility index (Phi) is 6.13. The quantitative estimate of drug-likeness (QED) is 0.616. The van der Waals surface area contributed by atoms with Gasteiger partial charge in [-0.3, -0.25) is 4.79 Å². The number of carbonyl (C=O) groups excluding carboxylic acids is 1. The summed E-state index contributed by atoms with van der Waals surface area (Å²) in [6.07, 6.45) is 5.04. The first-order valence-corrected chi connectivity index (χ1v) is 7.57. The van der Waals surface area contributed by atoms with Gasteiger partial charge < -0.3 is 14.5 Å². The topological polar surface area (TPSA) is 77.2 Å². The van der Waals surface area contributed by atoms with Crippen molar-refractivity contribution in [3.8, 4) is 18.1 Å². The van der Waals surface area contributed by atoms with Gasteiger partial charge in [0.2, 0.25) is 5.91 Å². The molecular formula is C14H12ClN3O3S. The zero-order chi connectivity index (χ0) is 15.8. The lowest BCUT2D eigenvalue weighted by atomic mass is 10.3. The number of amides is 1. The number of nitrogens with one attached hydrogen (secondary N) is 1. The molecule has 6 nitrogen and oxygen atoms in total. The lowest BCUT2D eigenvalue weighted by Crippen LogP contribution is -2.25. The van der Waals surface area contributed by atoms with Gasteiger partial charge in [-0.05, 0) is 24.3 Å². The lowest BCUT2D eigenvalue weighted by Gasteiger charge is -2.02. The summed E-state index contributed by atoms with van der Waals surface area (Å²) in [5, 5.41) is 11.1. The smallest absolute Gasteiger partial charge is 0.277 e. The number of hydrogen-bond acceptors (Lipinski definition) is 6. The van der Waals surface area contributed by atoms with Crippen molar-refractivity contribution in [1.82, 2.24) is 15.5 Å². The summed E-state index contributed by atoms with van der Waals surface area (Å²) in [7, 11) is 0. The molecule has 1 N–H and O–H groups in total. The van der Waals surface area contributed by atoms with Crippen molar-refractivity contribution in [3.63, 3.8) is 0 Å². The fourth-order valence-electron chi connectivity index (χ4n) is 1.36. The van der Waals surface area contributed by atoms with E-state index in [4.69, 9.17) is 27.2 Å². The summed E-state index contributed by atoms with van der Waals surface area (Å²) < 4.78 is 10.8. The van der Waals surface area contributed by atoms with Gasteiger partial charge in [-0.15, -0.1) is 16.6 Å². The molecule has 1 heterocycles. The van der Waals surface area contributed by atoms with Crippen LogP contribution in [0, 0.1) is 12.3 Å². The Balaban J connectivity index is 1.77. The Morgan fingerprint density at radius 2 is 2.18 bits per heavy atom. The molecule has 0 atom stereocenters. The molecule has 0 saturated carbocycles. The van der Waals surface area contributed by atoms with Crippen molar-refractivity contribution in [3.05, 3.63) is 35.2 Å². The van der Waals surface area contributed by atoms with E-state index in [9.17, 15) is 4.79 Å². The van der Waals surface area contributed by atoms with Gasteiger partial charge in [0.1, 0.15) is 5.75 Å². The maximum absolute atomic E-state index is 11.4. The number of benzene rings is 1. The van der Waals surface area contributed by atoms with Gasteiger partial charge in [0.05, 0.1) is 12.3 Å². The number of nitrogens with zero attached hydrogens (tertiary/aromatic N) is 2. The van der Waals surface area contributed by atoms with Crippen LogP contribution in [-0.2, 0) is 11.4 Å². The first-order valence-electron chi connectivity index (χ1n) is 6.21. The first-order chi connectivity index (χ1) is 10.7. The van der Waals surface area contributed by atoms with Crippen LogP contribution < -0.4 is 10.1 Å². The van der Waals surface area contributed by atoms with Gasteiger partial charge >= 0.3 is 0 Å². The molecule has 1 aromatic carbocycles. The zero-order valence-corrected chi connectivity index (χ0v) is 13.0. The predicted molar refractivity (Wildman–Crippen MR) is 82.6 cm³/mol. The average Bonchev–Trinajstić information content (AvgIpc) is 2.98. The van der Waals surface area contributed by atoms with Crippen molar-refractivity contribution < 1.29 is 13.9 Å². The third-order valence-electron chi connectivity index (χ3n) is 2.34. The minimum Gasteiger partial charge on any atom is -0.484 e. The van der Waals surface area contributed by atoms with E-state index >= 15 is 0 Å². The van der Waals surface area contributed by atoms with Crippen molar-refractivity contribution in [2.45, 2.75) is 11.8 Å². The molecule has 1 aromatic heterocycles. The average molecular weight is 338 g/mol. The SMILES string of the molecule is C#CCNC(=O)CSc1nnc(COc2ccc(Cl)cc2)o1. The molecule has 0 spiro atoms. The first kappa shape index (κ1) is 16.2. The van der Waals surface area contributed by atoms with Crippen LogP contribution in [-0.4, -0.2) is 28.4 Å². The van der Waals surface area contributed by atoms with Crippen molar-refractivity contribution in [1.29, 1.82) is 0 Å². The van der Waals surface area contributed by atoms with Crippen molar-refractivity contribution >= 4 is 29.3 Å². The molecule has 2 rings (SSSR count). The Labute approximate surface area is 136 Å². The highest BCUT2D eigenvalue weighted by atomic mass is 35.5. The Morgan fingerprint density at radius 3 is 2.91 bits per heavy atom. The van der Waals surface area contributed by atoms with Gasteiger partial charge in [0, 0.05) is 5.02 Å². The molecular weight excluding hydrogens is 326 g/mol. The molecule has 0 radical (unpaired) electrons. The number of halogens is 1. The van der Waals surface area contributed by atoms with Gasteiger partial charge in [-0.1, -0.05) is 29.3 Å². The second-order valence-corrected chi connectivity index (χ2v) is 5.34. The molecule has 0 aliphatic carbocycles. The van der Waals surface area contributed by atoms with Crippen LogP contribution in [0.25, 0.3) is 0 Å². The molecule has 8 heteroatoms. The van der Waals surface area contributed by atoms with Crippen molar-refractivity contribution in [2.75, 3.05) is 12.3 Å². The van der Waals surface area contributed by atoms with E-state index in [1.807, 2.05) is 0 Å². The van der Waals surface area contributed by atoms with E-state index in [0.717, 1.165) is 11.8 Å². The molecule has 1 amide bonds. The minimum absolute atomic E-state index is 0.137. The summed E-state index contributed by atoms with van der Waals surface area (Å²) in [4.78, 5) is 11.4. The Bertz CT molecular complexity index is 667. The molecule has 0 unspecified atom stereocenters. The largest absolute Gasteiger partial charge is 0.484 e. The van der Waals surface area contributed by atoms with Crippen LogP contribution in [0.2, 0.25) is 5.02 Å². The summed E-state index contributed by atoms with van der Waals surface area (Å²) in [6, 6.07) is 6.93. The third kappa shape index (κ3) is 5.31. The monoisotopic (exact) mass is 337 g/mol. The van der Waals surface area contributed by atoms with E-state index in [0.29, 0.717) is 21.9 Å². The molecule has 0 fully saturated rings. The fourth-order valence-corrected chi connectivity index (χ4v) is 2.09. The molecule has 0 bridgehead atoms. The van der Waals surface area contributed by atoms with Crippen molar-refractivity contribution in [2.24, 2.45) is 0 Å². The number of hydrogen-bond donors (Lipinski definition) is 1. The summed E-state index contributed by atoms with van der Waals surface area (Å²) in [5.41, 5.74) is 0. The van der Waals surface area contributed by atoms with Gasteiger partial charge in [0.15, 0.2) is 6.61 Å². The number of ether oxygens (including phenoxy) is 1. The highest BCUT2D eigenvalue weighted by Crippen LogP contribution is 2.19. The highest BCUT2D eigenvalue weighted by molar-refractivity contribution is 7.99. The fraction of sp³-hybridized carbons (Fsp3) is 0.214. The standard InChI is InChI=1S/C14H12ClN3O3S/c1-2-7-16-12(19)9-22-14-18-17-13(21-14)8-20-11-5-3-10(15)4-6-11/h1,3-6H,7-9H2,(H,16,19). The summed E-state index contributed by atoms with van der Waals surface area (Å²) >= 11 is 6.91. The van der Waals surface area contributed by atoms with E-state index < -0.39 is 0 Å². The third-order valence-corrected chi connectivity index (χ3v) is 3.41. The highest BCUT2D eigenvalue weighted by Gasteiger charge is 2.09. The van der Waals surface area contributed by atoms with Gasteiger partial charge in [0.25, 0.3) is 11.1 Å². The van der Waals surface area contributed by atoms with Crippen LogP contribution in [0.4, 0.5) is 0 Å². The lowest BCUT2D eigenvalue weighted by molar-refractivity contribution is -0.118. The summed E-state index contributed by atoms with van der Waals surface area (Å²) in [5.74, 6) is 3.24. The van der Waals surface area contributed by atoms with Gasteiger partial charge in [-0.2, -0.15) is 0 Å². The van der Waals surface area contributed by atoms with E-state index in [1.54, 1.807) is 24.3 Å². The number of thioether (sulfide) groups is 1. The number of rotatable bonds is 7.